The van der Waals surface area contributed by atoms with Crippen molar-refractivity contribution in [1.29, 1.82) is 0 Å². The molecule has 0 atom stereocenters. The summed E-state index contributed by atoms with van der Waals surface area (Å²) >= 11 is 0. The number of rotatable bonds is 7. The molecular weight excluding hydrogens is 264 g/mol. The number of aromatic nitrogens is 1. The van der Waals surface area contributed by atoms with Crippen molar-refractivity contribution < 1.29 is 9.90 Å². The third-order valence-corrected chi connectivity index (χ3v) is 3.95. The Morgan fingerprint density at radius 3 is 2.71 bits per heavy atom. The standard InChI is InChI=1S/C17H24N2O2/c1-12(2)19(10-6-9-17(20)21)11-15-13(3)18-16-8-5-4-7-14(15)16/h4-5,7-8,12,18H,6,9-11H2,1-3H3,(H,20,21). The Morgan fingerprint density at radius 1 is 1.33 bits per heavy atom. The Bertz CT molecular complexity index is 616. The normalized spacial score (nSPS) is 11.7. The lowest BCUT2D eigenvalue weighted by Crippen LogP contribution is -2.31. The highest BCUT2D eigenvalue weighted by molar-refractivity contribution is 5.84. The van der Waals surface area contributed by atoms with Crippen molar-refractivity contribution in [1.82, 2.24) is 9.88 Å². The van der Waals surface area contributed by atoms with Crippen LogP contribution in [0.2, 0.25) is 0 Å². The Balaban J connectivity index is 2.15. The van der Waals surface area contributed by atoms with Crippen LogP contribution in [0.4, 0.5) is 0 Å². The van der Waals surface area contributed by atoms with Crippen molar-refractivity contribution >= 4 is 16.9 Å². The lowest BCUT2D eigenvalue weighted by molar-refractivity contribution is -0.137. The summed E-state index contributed by atoms with van der Waals surface area (Å²) in [6.07, 6.45) is 0.922. The number of carboxylic acid groups (broad SMARTS) is 1. The van der Waals surface area contributed by atoms with E-state index in [9.17, 15) is 4.79 Å². The first-order chi connectivity index (χ1) is 9.99. The minimum Gasteiger partial charge on any atom is -0.481 e. The molecule has 0 spiro atoms. The van der Waals surface area contributed by atoms with Gasteiger partial charge in [-0.05, 0) is 45.4 Å². The molecule has 0 saturated carbocycles. The second-order valence-corrected chi connectivity index (χ2v) is 5.84. The first-order valence-electron chi connectivity index (χ1n) is 7.51. The molecule has 1 aromatic carbocycles. The predicted octanol–water partition coefficient (Wildman–Crippen LogP) is 3.55. The van der Waals surface area contributed by atoms with Gasteiger partial charge in [-0.25, -0.2) is 0 Å². The molecule has 2 rings (SSSR count). The first kappa shape index (κ1) is 15.6. The van der Waals surface area contributed by atoms with E-state index in [-0.39, 0.29) is 6.42 Å². The minimum atomic E-state index is -0.720. The van der Waals surface area contributed by atoms with Crippen LogP contribution in [0.5, 0.6) is 0 Å². The molecule has 21 heavy (non-hydrogen) atoms. The van der Waals surface area contributed by atoms with E-state index in [1.807, 2.05) is 6.07 Å². The Labute approximate surface area is 125 Å². The number of nitrogens with one attached hydrogen (secondary N) is 1. The minimum absolute atomic E-state index is 0.232. The molecule has 1 aromatic heterocycles. The quantitative estimate of drug-likeness (QED) is 0.819. The highest BCUT2D eigenvalue weighted by Gasteiger charge is 2.15. The van der Waals surface area contributed by atoms with E-state index < -0.39 is 5.97 Å². The molecule has 114 valence electrons. The van der Waals surface area contributed by atoms with Gasteiger partial charge in [0.2, 0.25) is 0 Å². The molecule has 4 heteroatoms. The number of benzene rings is 1. The van der Waals surface area contributed by atoms with Crippen LogP contribution < -0.4 is 0 Å². The number of carbonyl (C=O) groups is 1. The average molecular weight is 288 g/mol. The van der Waals surface area contributed by atoms with E-state index >= 15 is 0 Å². The van der Waals surface area contributed by atoms with Gasteiger partial charge >= 0.3 is 5.97 Å². The molecule has 0 fully saturated rings. The largest absolute Gasteiger partial charge is 0.481 e. The zero-order valence-corrected chi connectivity index (χ0v) is 13.0. The van der Waals surface area contributed by atoms with Gasteiger partial charge in [0.15, 0.2) is 0 Å². The monoisotopic (exact) mass is 288 g/mol. The highest BCUT2D eigenvalue weighted by Crippen LogP contribution is 2.24. The number of fused-ring (bicyclic) bond motifs is 1. The van der Waals surface area contributed by atoms with E-state index in [1.165, 1.54) is 22.2 Å². The van der Waals surface area contributed by atoms with Gasteiger partial charge in [-0.15, -0.1) is 0 Å². The number of H-pyrrole nitrogens is 1. The van der Waals surface area contributed by atoms with Crippen LogP contribution in [0.3, 0.4) is 0 Å². The number of hydrogen-bond acceptors (Lipinski definition) is 2. The van der Waals surface area contributed by atoms with Crippen LogP contribution in [-0.2, 0) is 11.3 Å². The number of carboxylic acids is 1. The maximum Gasteiger partial charge on any atom is 0.303 e. The summed E-state index contributed by atoms with van der Waals surface area (Å²) in [5.41, 5.74) is 3.67. The first-order valence-corrected chi connectivity index (χ1v) is 7.51. The van der Waals surface area contributed by atoms with Crippen LogP contribution in [0.25, 0.3) is 10.9 Å². The van der Waals surface area contributed by atoms with E-state index in [0.717, 1.165) is 13.1 Å². The summed E-state index contributed by atoms with van der Waals surface area (Å²) in [5, 5.41) is 10.0. The van der Waals surface area contributed by atoms with Crippen LogP contribution in [0.1, 0.15) is 37.9 Å². The number of nitrogens with zero attached hydrogens (tertiary/aromatic N) is 1. The number of hydrogen-bond donors (Lipinski definition) is 2. The maximum atomic E-state index is 10.7. The molecule has 0 aliphatic carbocycles. The SMILES string of the molecule is Cc1[nH]c2ccccc2c1CN(CCCC(=O)O)C(C)C. The molecular formula is C17H24N2O2. The predicted molar refractivity (Wildman–Crippen MR) is 85.5 cm³/mol. The van der Waals surface area contributed by atoms with Crippen LogP contribution in [0.15, 0.2) is 24.3 Å². The van der Waals surface area contributed by atoms with Crippen molar-refractivity contribution in [3.63, 3.8) is 0 Å². The van der Waals surface area contributed by atoms with Crippen molar-refractivity contribution in [3.05, 3.63) is 35.5 Å². The maximum absolute atomic E-state index is 10.7. The number of aliphatic carboxylic acids is 1. The van der Waals surface area contributed by atoms with Gasteiger partial charge in [-0.1, -0.05) is 18.2 Å². The Morgan fingerprint density at radius 2 is 2.05 bits per heavy atom. The zero-order valence-electron chi connectivity index (χ0n) is 13.0. The van der Waals surface area contributed by atoms with Crippen molar-refractivity contribution in [3.8, 4) is 0 Å². The molecule has 0 amide bonds. The highest BCUT2D eigenvalue weighted by atomic mass is 16.4. The summed E-state index contributed by atoms with van der Waals surface area (Å²) in [7, 11) is 0. The molecule has 0 saturated heterocycles. The molecule has 1 heterocycles. The van der Waals surface area contributed by atoms with Gasteiger partial charge < -0.3 is 10.1 Å². The summed E-state index contributed by atoms with van der Waals surface area (Å²) in [5.74, 6) is -0.720. The van der Waals surface area contributed by atoms with Crippen molar-refractivity contribution in [2.24, 2.45) is 0 Å². The lowest BCUT2D eigenvalue weighted by Gasteiger charge is -2.26. The Hall–Kier alpha value is -1.81. The summed E-state index contributed by atoms with van der Waals surface area (Å²) < 4.78 is 0. The number of para-hydroxylation sites is 1. The molecule has 0 unspecified atom stereocenters. The fourth-order valence-electron chi connectivity index (χ4n) is 2.69. The molecule has 0 aliphatic heterocycles. The second kappa shape index (κ2) is 6.76. The molecule has 0 aliphatic rings. The van der Waals surface area contributed by atoms with E-state index in [4.69, 9.17) is 5.11 Å². The van der Waals surface area contributed by atoms with Gasteiger partial charge in [-0.3, -0.25) is 9.69 Å². The van der Waals surface area contributed by atoms with Crippen LogP contribution >= 0.6 is 0 Å². The molecule has 2 aromatic rings. The third-order valence-electron chi connectivity index (χ3n) is 3.95. The van der Waals surface area contributed by atoms with Crippen molar-refractivity contribution in [2.75, 3.05) is 6.54 Å². The summed E-state index contributed by atoms with van der Waals surface area (Å²) in [6.45, 7) is 8.08. The number of aryl methyl sites for hydroxylation is 1. The van der Waals surface area contributed by atoms with Gasteiger partial charge in [0.25, 0.3) is 0 Å². The van der Waals surface area contributed by atoms with Crippen LogP contribution in [-0.4, -0.2) is 33.5 Å². The van der Waals surface area contributed by atoms with Gasteiger partial charge in [0.05, 0.1) is 0 Å². The van der Waals surface area contributed by atoms with Gasteiger partial charge in [-0.2, -0.15) is 0 Å². The van der Waals surface area contributed by atoms with Crippen LogP contribution in [0, 0.1) is 6.92 Å². The van der Waals surface area contributed by atoms with E-state index in [2.05, 4.69) is 48.9 Å². The molecule has 0 radical (unpaired) electrons. The smallest absolute Gasteiger partial charge is 0.303 e. The topological polar surface area (TPSA) is 56.3 Å². The lowest BCUT2D eigenvalue weighted by atomic mass is 10.1. The van der Waals surface area contributed by atoms with E-state index in [0.29, 0.717) is 12.5 Å². The van der Waals surface area contributed by atoms with Gasteiger partial charge in [0, 0.05) is 35.6 Å². The molecule has 0 bridgehead atoms. The molecule has 4 nitrogen and oxygen atoms in total. The fourth-order valence-corrected chi connectivity index (χ4v) is 2.69. The second-order valence-electron chi connectivity index (χ2n) is 5.84. The van der Waals surface area contributed by atoms with Crippen molar-refractivity contribution in [2.45, 2.75) is 46.2 Å². The van der Waals surface area contributed by atoms with Gasteiger partial charge in [0.1, 0.15) is 0 Å². The summed E-state index contributed by atoms with van der Waals surface area (Å²) in [6, 6.07) is 8.73. The zero-order chi connectivity index (χ0) is 15.4. The fraction of sp³-hybridized carbons (Fsp3) is 0.471. The average Bonchev–Trinajstić information content (AvgIpc) is 2.73. The third kappa shape index (κ3) is 3.85. The summed E-state index contributed by atoms with van der Waals surface area (Å²) in [4.78, 5) is 16.4. The van der Waals surface area contributed by atoms with E-state index in [1.54, 1.807) is 0 Å². The molecule has 2 N–H and O–H groups in total. The number of aromatic amines is 1. The Kier molecular flexibility index (Phi) is 5.02.